The molecular formula is C22H20ClIN2O2. The molecule has 4 nitrogen and oxygen atoms in total. The standard InChI is InChI=1S/C22H20ClIN2O2/c1-3-28-21(27)12(2)15-5-4-6-16(13-7-8-13)19(15)20-17-11-14(24)9-10-18(17)25-22(23)26-20/h4-6,9-13H,3,7-8H2,1-2H3. The zero-order valence-electron chi connectivity index (χ0n) is 15.7. The maximum absolute atomic E-state index is 12.5. The topological polar surface area (TPSA) is 52.1 Å². The first-order valence-corrected chi connectivity index (χ1v) is 10.9. The normalized spacial score (nSPS) is 14.9. The van der Waals surface area contributed by atoms with Gasteiger partial charge >= 0.3 is 5.97 Å². The Bertz CT molecular complexity index is 1070. The average Bonchev–Trinajstić information content (AvgIpc) is 3.52. The molecule has 0 saturated heterocycles. The Morgan fingerprint density at radius 2 is 2.07 bits per heavy atom. The lowest BCUT2D eigenvalue weighted by atomic mass is 9.87. The fourth-order valence-electron chi connectivity index (χ4n) is 3.61. The second kappa shape index (κ2) is 7.95. The van der Waals surface area contributed by atoms with Crippen molar-refractivity contribution in [2.45, 2.75) is 38.5 Å². The highest BCUT2D eigenvalue weighted by Gasteiger charge is 2.31. The summed E-state index contributed by atoms with van der Waals surface area (Å²) in [7, 11) is 0. The Kier molecular flexibility index (Phi) is 5.56. The predicted molar refractivity (Wildman–Crippen MR) is 120 cm³/mol. The number of ether oxygens (including phenoxy) is 1. The number of carbonyl (C=O) groups is 1. The van der Waals surface area contributed by atoms with E-state index in [4.69, 9.17) is 16.3 Å². The first-order valence-electron chi connectivity index (χ1n) is 9.42. The third-order valence-electron chi connectivity index (χ3n) is 5.12. The van der Waals surface area contributed by atoms with E-state index in [0.29, 0.717) is 12.5 Å². The van der Waals surface area contributed by atoms with E-state index >= 15 is 0 Å². The molecule has 3 aromatic rings. The SMILES string of the molecule is CCOC(=O)C(C)c1cccc(C2CC2)c1-c1nc(Cl)nc2ccc(I)cc12. The minimum Gasteiger partial charge on any atom is -0.466 e. The number of esters is 1. The molecule has 1 saturated carbocycles. The fraction of sp³-hybridized carbons (Fsp3) is 0.318. The van der Waals surface area contributed by atoms with Gasteiger partial charge < -0.3 is 4.74 Å². The molecule has 1 aliphatic rings. The molecule has 0 amide bonds. The minimum absolute atomic E-state index is 0.212. The van der Waals surface area contributed by atoms with Crippen molar-refractivity contribution >= 4 is 51.1 Å². The maximum Gasteiger partial charge on any atom is 0.313 e. The largest absolute Gasteiger partial charge is 0.466 e. The van der Waals surface area contributed by atoms with Crippen molar-refractivity contribution in [1.82, 2.24) is 9.97 Å². The van der Waals surface area contributed by atoms with E-state index in [-0.39, 0.29) is 17.2 Å². The van der Waals surface area contributed by atoms with Gasteiger partial charge in [0.15, 0.2) is 0 Å². The van der Waals surface area contributed by atoms with Crippen molar-refractivity contribution in [2.24, 2.45) is 0 Å². The fourth-order valence-corrected chi connectivity index (χ4v) is 4.28. The number of benzene rings is 2. The Morgan fingerprint density at radius 3 is 2.79 bits per heavy atom. The van der Waals surface area contributed by atoms with Gasteiger partial charge in [-0.1, -0.05) is 18.2 Å². The molecule has 0 N–H and O–H groups in total. The van der Waals surface area contributed by atoms with Crippen LogP contribution in [-0.4, -0.2) is 22.5 Å². The van der Waals surface area contributed by atoms with Crippen molar-refractivity contribution in [1.29, 1.82) is 0 Å². The number of nitrogens with zero attached hydrogens (tertiary/aromatic N) is 2. The average molecular weight is 507 g/mol. The smallest absolute Gasteiger partial charge is 0.313 e. The molecule has 6 heteroatoms. The van der Waals surface area contributed by atoms with Crippen LogP contribution in [0, 0.1) is 3.57 Å². The van der Waals surface area contributed by atoms with E-state index in [1.807, 2.05) is 38.1 Å². The summed E-state index contributed by atoms with van der Waals surface area (Å²) in [6.07, 6.45) is 2.30. The Labute approximate surface area is 182 Å². The van der Waals surface area contributed by atoms with Gasteiger partial charge in [0.2, 0.25) is 5.28 Å². The molecular weight excluding hydrogens is 487 g/mol. The predicted octanol–water partition coefficient (Wildman–Crippen LogP) is 6.10. The summed E-state index contributed by atoms with van der Waals surface area (Å²) >= 11 is 8.58. The Hall–Kier alpha value is -1.73. The lowest BCUT2D eigenvalue weighted by Crippen LogP contribution is -2.15. The van der Waals surface area contributed by atoms with Crippen LogP contribution in [0.15, 0.2) is 36.4 Å². The van der Waals surface area contributed by atoms with Crippen molar-refractivity contribution in [3.05, 3.63) is 56.4 Å². The van der Waals surface area contributed by atoms with E-state index in [1.54, 1.807) is 0 Å². The maximum atomic E-state index is 12.5. The number of halogens is 2. The van der Waals surface area contributed by atoms with Crippen LogP contribution < -0.4 is 0 Å². The molecule has 1 atom stereocenters. The first kappa shape index (κ1) is 19.6. The molecule has 0 bridgehead atoms. The van der Waals surface area contributed by atoms with Gasteiger partial charge in [-0.25, -0.2) is 9.97 Å². The second-order valence-electron chi connectivity index (χ2n) is 7.06. The second-order valence-corrected chi connectivity index (χ2v) is 8.65. The molecule has 28 heavy (non-hydrogen) atoms. The minimum atomic E-state index is -0.389. The van der Waals surface area contributed by atoms with Gasteiger partial charge in [-0.3, -0.25) is 4.79 Å². The first-order chi connectivity index (χ1) is 13.5. The van der Waals surface area contributed by atoms with Crippen molar-refractivity contribution < 1.29 is 9.53 Å². The summed E-state index contributed by atoms with van der Waals surface area (Å²) in [5, 5.41) is 1.16. The number of carbonyl (C=O) groups excluding carboxylic acids is 1. The van der Waals surface area contributed by atoms with Crippen molar-refractivity contribution in [2.75, 3.05) is 6.61 Å². The van der Waals surface area contributed by atoms with Gasteiger partial charge in [0.1, 0.15) is 0 Å². The van der Waals surface area contributed by atoms with Crippen LogP contribution in [-0.2, 0) is 9.53 Å². The van der Waals surface area contributed by atoms with Crippen LogP contribution in [0.2, 0.25) is 5.28 Å². The highest BCUT2D eigenvalue weighted by atomic mass is 127. The summed E-state index contributed by atoms with van der Waals surface area (Å²) < 4.78 is 6.39. The molecule has 4 rings (SSSR count). The Balaban J connectivity index is 2.00. The van der Waals surface area contributed by atoms with Crippen molar-refractivity contribution in [3.8, 4) is 11.3 Å². The van der Waals surface area contributed by atoms with E-state index in [9.17, 15) is 4.79 Å². The summed E-state index contributed by atoms with van der Waals surface area (Å²) in [5.41, 5.74) is 4.75. The van der Waals surface area contributed by atoms with Gasteiger partial charge in [0.25, 0.3) is 0 Å². The molecule has 1 fully saturated rings. The summed E-state index contributed by atoms with van der Waals surface area (Å²) in [6.45, 7) is 4.08. The molecule has 0 radical (unpaired) electrons. The van der Waals surface area contributed by atoms with E-state index in [0.717, 1.165) is 44.1 Å². The summed E-state index contributed by atoms with van der Waals surface area (Å²) in [5.74, 6) is -0.119. The highest BCUT2D eigenvalue weighted by molar-refractivity contribution is 14.1. The molecule has 1 heterocycles. The quantitative estimate of drug-likeness (QED) is 0.238. The van der Waals surface area contributed by atoms with E-state index < -0.39 is 0 Å². The lowest BCUT2D eigenvalue weighted by molar-refractivity contribution is -0.144. The molecule has 1 aromatic heterocycles. The summed E-state index contributed by atoms with van der Waals surface area (Å²) in [4.78, 5) is 21.5. The number of hydrogen-bond acceptors (Lipinski definition) is 4. The van der Waals surface area contributed by atoms with Crippen LogP contribution in [0.25, 0.3) is 22.2 Å². The van der Waals surface area contributed by atoms with Crippen LogP contribution in [0.4, 0.5) is 0 Å². The van der Waals surface area contributed by atoms with Crippen LogP contribution in [0.3, 0.4) is 0 Å². The number of rotatable bonds is 5. The summed E-state index contributed by atoms with van der Waals surface area (Å²) in [6, 6.07) is 12.2. The molecule has 1 aliphatic carbocycles. The van der Waals surface area contributed by atoms with Gasteiger partial charge in [0.05, 0.1) is 23.7 Å². The molecule has 2 aromatic carbocycles. The van der Waals surface area contributed by atoms with Crippen LogP contribution in [0.1, 0.15) is 49.7 Å². The van der Waals surface area contributed by atoms with Gasteiger partial charge in [-0.15, -0.1) is 0 Å². The van der Waals surface area contributed by atoms with Gasteiger partial charge in [-0.05, 0) is 96.1 Å². The Morgan fingerprint density at radius 1 is 1.29 bits per heavy atom. The number of hydrogen-bond donors (Lipinski definition) is 0. The van der Waals surface area contributed by atoms with E-state index in [2.05, 4.69) is 44.7 Å². The monoisotopic (exact) mass is 506 g/mol. The molecule has 1 unspecified atom stereocenters. The molecule has 0 aliphatic heterocycles. The zero-order chi connectivity index (χ0) is 19.8. The lowest BCUT2D eigenvalue weighted by Gasteiger charge is -2.20. The molecule has 0 spiro atoms. The molecule has 144 valence electrons. The van der Waals surface area contributed by atoms with Gasteiger partial charge in [0, 0.05) is 14.5 Å². The van der Waals surface area contributed by atoms with Gasteiger partial charge in [-0.2, -0.15) is 0 Å². The number of aromatic nitrogens is 2. The number of fused-ring (bicyclic) bond motifs is 1. The third kappa shape index (κ3) is 3.74. The highest BCUT2D eigenvalue weighted by Crippen LogP contribution is 2.47. The van der Waals surface area contributed by atoms with Crippen LogP contribution >= 0.6 is 34.2 Å². The van der Waals surface area contributed by atoms with Crippen molar-refractivity contribution in [3.63, 3.8) is 0 Å². The van der Waals surface area contributed by atoms with Crippen LogP contribution in [0.5, 0.6) is 0 Å². The zero-order valence-corrected chi connectivity index (χ0v) is 18.6. The third-order valence-corrected chi connectivity index (χ3v) is 5.96. The van der Waals surface area contributed by atoms with E-state index in [1.165, 1.54) is 5.56 Å².